The van der Waals surface area contributed by atoms with Crippen LogP contribution < -0.4 is 27.4 Å². The first-order chi connectivity index (χ1) is 13.8. The lowest BCUT2D eigenvalue weighted by atomic mass is 10.0. The Hall–Kier alpha value is -2.77. The van der Waals surface area contributed by atoms with Crippen molar-refractivity contribution in [3.63, 3.8) is 0 Å². The molecule has 0 heterocycles. The SMILES string of the molecule is CC(C)C(NC(=O)C(CCC(N)=O)NC(=O)C(N)CO)C(=O)NC(C(=O)O)C(C)O. The van der Waals surface area contributed by atoms with Crippen LogP contribution in [0, 0.1) is 5.92 Å². The maximum Gasteiger partial charge on any atom is 0.328 e. The van der Waals surface area contributed by atoms with Crippen LogP contribution in [0.1, 0.15) is 33.6 Å². The molecule has 0 spiro atoms. The van der Waals surface area contributed by atoms with E-state index in [1.54, 1.807) is 13.8 Å². The summed E-state index contributed by atoms with van der Waals surface area (Å²) in [4.78, 5) is 59.3. The number of rotatable bonds is 13. The lowest BCUT2D eigenvalue weighted by molar-refractivity contribution is -0.145. The zero-order valence-electron chi connectivity index (χ0n) is 17.1. The van der Waals surface area contributed by atoms with Crippen LogP contribution in [-0.4, -0.2) is 81.8 Å². The second-order valence-electron chi connectivity index (χ2n) is 7.15. The quantitative estimate of drug-likeness (QED) is 0.142. The molecular formula is C17H31N5O8. The fourth-order valence-electron chi connectivity index (χ4n) is 2.34. The van der Waals surface area contributed by atoms with E-state index in [2.05, 4.69) is 16.0 Å². The Morgan fingerprint density at radius 1 is 0.900 bits per heavy atom. The third kappa shape index (κ3) is 9.15. The second-order valence-corrected chi connectivity index (χ2v) is 7.15. The Labute approximate surface area is 173 Å². The molecule has 0 radical (unpaired) electrons. The van der Waals surface area contributed by atoms with E-state index in [4.69, 9.17) is 21.7 Å². The van der Waals surface area contributed by atoms with Crippen molar-refractivity contribution in [1.82, 2.24) is 16.0 Å². The summed E-state index contributed by atoms with van der Waals surface area (Å²) in [6.45, 7) is 3.67. The number of hydrogen-bond donors (Lipinski definition) is 8. The topological polar surface area (TPSA) is 234 Å². The maximum atomic E-state index is 12.6. The molecule has 5 atom stereocenters. The van der Waals surface area contributed by atoms with Crippen molar-refractivity contribution < 1.29 is 39.3 Å². The summed E-state index contributed by atoms with van der Waals surface area (Å²) >= 11 is 0. The summed E-state index contributed by atoms with van der Waals surface area (Å²) in [6.07, 6.45) is -1.84. The highest BCUT2D eigenvalue weighted by Crippen LogP contribution is 2.06. The molecule has 172 valence electrons. The van der Waals surface area contributed by atoms with Crippen molar-refractivity contribution in [3.05, 3.63) is 0 Å². The van der Waals surface area contributed by atoms with Crippen LogP contribution in [0.3, 0.4) is 0 Å². The molecule has 0 aliphatic rings. The van der Waals surface area contributed by atoms with Crippen molar-refractivity contribution >= 4 is 29.6 Å². The van der Waals surface area contributed by atoms with Crippen molar-refractivity contribution in [2.75, 3.05) is 6.61 Å². The molecule has 30 heavy (non-hydrogen) atoms. The maximum absolute atomic E-state index is 12.6. The lowest BCUT2D eigenvalue weighted by Crippen LogP contribution is -2.59. The number of carboxylic acids is 1. The van der Waals surface area contributed by atoms with Gasteiger partial charge < -0.3 is 42.7 Å². The second kappa shape index (κ2) is 12.7. The number of amides is 4. The minimum absolute atomic E-state index is 0.192. The van der Waals surface area contributed by atoms with Gasteiger partial charge in [-0.3, -0.25) is 19.2 Å². The summed E-state index contributed by atoms with van der Waals surface area (Å²) in [6, 6.07) is -5.40. The predicted octanol–water partition coefficient (Wildman–Crippen LogP) is -3.85. The van der Waals surface area contributed by atoms with Gasteiger partial charge in [0.05, 0.1) is 12.7 Å². The van der Waals surface area contributed by atoms with Gasteiger partial charge in [-0.05, 0) is 19.3 Å². The van der Waals surface area contributed by atoms with E-state index in [0.29, 0.717) is 0 Å². The Balaban J connectivity index is 5.43. The average Bonchev–Trinajstić information content (AvgIpc) is 2.64. The first-order valence-electron chi connectivity index (χ1n) is 9.28. The third-order valence-electron chi connectivity index (χ3n) is 4.14. The van der Waals surface area contributed by atoms with Crippen molar-refractivity contribution in [2.45, 2.75) is 63.9 Å². The summed E-state index contributed by atoms with van der Waals surface area (Å²) in [5.41, 5.74) is 10.5. The highest BCUT2D eigenvalue weighted by molar-refractivity contribution is 5.94. The van der Waals surface area contributed by atoms with Gasteiger partial charge in [0.2, 0.25) is 23.6 Å². The van der Waals surface area contributed by atoms with Crippen molar-refractivity contribution in [2.24, 2.45) is 17.4 Å². The number of carbonyl (C=O) groups is 5. The van der Waals surface area contributed by atoms with Gasteiger partial charge in [-0.25, -0.2) is 4.79 Å². The molecular weight excluding hydrogens is 402 g/mol. The predicted molar refractivity (Wildman–Crippen MR) is 103 cm³/mol. The Kier molecular flexibility index (Phi) is 11.5. The van der Waals surface area contributed by atoms with E-state index in [0.717, 1.165) is 0 Å². The van der Waals surface area contributed by atoms with E-state index in [1.165, 1.54) is 6.92 Å². The standard InChI is InChI=1S/C17H31N5O8/c1-7(2)12(16(28)22-13(8(3)24)17(29)30)21-15(27)10(4-5-11(19)25)20-14(26)9(18)6-23/h7-10,12-13,23-24H,4-6,18H2,1-3H3,(H2,19,25)(H,20,26)(H,21,27)(H,22,28)(H,29,30). The van der Waals surface area contributed by atoms with Crippen molar-refractivity contribution in [1.29, 1.82) is 0 Å². The molecule has 0 rings (SSSR count). The van der Waals surface area contributed by atoms with Crippen LogP contribution >= 0.6 is 0 Å². The molecule has 0 bridgehead atoms. The molecule has 0 aliphatic heterocycles. The molecule has 13 heteroatoms. The third-order valence-corrected chi connectivity index (χ3v) is 4.14. The van der Waals surface area contributed by atoms with Crippen LogP contribution in [0.2, 0.25) is 0 Å². The van der Waals surface area contributed by atoms with Gasteiger partial charge in [0.1, 0.15) is 18.1 Å². The summed E-state index contributed by atoms with van der Waals surface area (Å²) in [5.74, 6) is -5.24. The molecule has 0 fully saturated rings. The van der Waals surface area contributed by atoms with Crippen LogP contribution in [0.25, 0.3) is 0 Å². The van der Waals surface area contributed by atoms with Gasteiger partial charge in [0.15, 0.2) is 6.04 Å². The van der Waals surface area contributed by atoms with Gasteiger partial charge in [-0.2, -0.15) is 0 Å². The number of hydrogen-bond acceptors (Lipinski definition) is 8. The van der Waals surface area contributed by atoms with E-state index < -0.39 is 72.4 Å². The minimum atomic E-state index is -1.59. The van der Waals surface area contributed by atoms with Crippen LogP contribution in [-0.2, 0) is 24.0 Å². The average molecular weight is 433 g/mol. The molecule has 4 amide bonds. The van der Waals surface area contributed by atoms with E-state index in [9.17, 15) is 29.1 Å². The van der Waals surface area contributed by atoms with Crippen LogP contribution in [0.5, 0.6) is 0 Å². The molecule has 5 unspecified atom stereocenters. The molecule has 0 aromatic heterocycles. The van der Waals surface area contributed by atoms with Crippen LogP contribution in [0.4, 0.5) is 0 Å². The molecule has 0 aromatic carbocycles. The highest BCUT2D eigenvalue weighted by Gasteiger charge is 2.33. The lowest BCUT2D eigenvalue weighted by Gasteiger charge is -2.27. The molecule has 0 aliphatic carbocycles. The van der Waals surface area contributed by atoms with Gasteiger partial charge >= 0.3 is 5.97 Å². The van der Waals surface area contributed by atoms with Gasteiger partial charge in [-0.1, -0.05) is 13.8 Å². The summed E-state index contributed by atoms with van der Waals surface area (Å²) in [7, 11) is 0. The fraction of sp³-hybridized carbons (Fsp3) is 0.706. The molecule has 0 aromatic rings. The van der Waals surface area contributed by atoms with Gasteiger partial charge in [0, 0.05) is 6.42 Å². The summed E-state index contributed by atoms with van der Waals surface area (Å²) in [5, 5.41) is 34.4. The number of carbonyl (C=O) groups excluding carboxylic acids is 4. The molecule has 10 N–H and O–H groups in total. The zero-order chi connectivity index (χ0) is 23.6. The number of nitrogens with two attached hydrogens (primary N) is 2. The van der Waals surface area contributed by atoms with Crippen LogP contribution in [0.15, 0.2) is 0 Å². The number of aliphatic hydroxyl groups excluding tert-OH is 2. The Morgan fingerprint density at radius 3 is 1.83 bits per heavy atom. The normalized spacial score (nSPS) is 16.0. The molecule has 0 saturated heterocycles. The van der Waals surface area contributed by atoms with E-state index in [1.807, 2.05) is 0 Å². The molecule has 13 nitrogen and oxygen atoms in total. The Bertz CT molecular complexity index is 640. The number of aliphatic carboxylic acids is 1. The molecule has 0 saturated carbocycles. The highest BCUT2D eigenvalue weighted by atomic mass is 16.4. The minimum Gasteiger partial charge on any atom is -0.480 e. The fourth-order valence-corrected chi connectivity index (χ4v) is 2.34. The van der Waals surface area contributed by atoms with Crippen molar-refractivity contribution in [3.8, 4) is 0 Å². The summed E-state index contributed by atoms with van der Waals surface area (Å²) < 4.78 is 0. The van der Waals surface area contributed by atoms with E-state index >= 15 is 0 Å². The van der Waals surface area contributed by atoms with Gasteiger partial charge in [-0.15, -0.1) is 0 Å². The Morgan fingerprint density at radius 2 is 1.43 bits per heavy atom. The number of carboxylic acid groups (broad SMARTS) is 1. The zero-order valence-corrected chi connectivity index (χ0v) is 17.1. The largest absolute Gasteiger partial charge is 0.480 e. The first kappa shape index (κ1) is 27.2. The van der Waals surface area contributed by atoms with E-state index in [-0.39, 0.29) is 12.8 Å². The smallest absolute Gasteiger partial charge is 0.328 e. The van der Waals surface area contributed by atoms with Gasteiger partial charge in [0.25, 0.3) is 0 Å². The number of primary amides is 1. The first-order valence-corrected chi connectivity index (χ1v) is 9.28. The monoisotopic (exact) mass is 433 g/mol. The number of nitrogens with one attached hydrogen (secondary N) is 3. The number of aliphatic hydroxyl groups is 2.